The highest BCUT2D eigenvalue weighted by Crippen LogP contribution is 2.12. The van der Waals surface area contributed by atoms with Crippen LogP contribution in [0.4, 0.5) is 0 Å². The van der Waals surface area contributed by atoms with Crippen molar-refractivity contribution in [2.45, 2.75) is 32.6 Å². The predicted molar refractivity (Wildman–Crippen MR) is 54.6 cm³/mol. The van der Waals surface area contributed by atoms with Crippen LogP contribution >= 0.6 is 0 Å². The molecule has 74 valence electrons. The fourth-order valence-electron chi connectivity index (χ4n) is 1.18. The third-order valence-corrected chi connectivity index (χ3v) is 2.04. The second-order valence-corrected chi connectivity index (χ2v) is 3.04. The van der Waals surface area contributed by atoms with Crippen LogP contribution in [0.15, 0.2) is 24.8 Å². The van der Waals surface area contributed by atoms with Crippen LogP contribution in [0.3, 0.4) is 0 Å². The van der Waals surface area contributed by atoms with Gasteiger partial charge in [0.15, 0.2) is 0 Å². The van der Waals surface area contributed by atoms with E-state index in [0.29, 0.717) is 0 Å². The molecular formula is C11H18O2. The van der Waals surface area contributed by atoms with Crippen molar-refractivity contribution < 1.29 is 9.90 Å². The van der Waals surface area contributed by atoms with Crippen LogP contribution in [-0.4, -0.2) is 11.1 Å². The Kier molecular flexibility index (Phi) is 6.98. The lowest BCUT2D eigenvalue weighted by atomic mass is 9.99. The number of allylic oxidation sites excluding steroid dienone is 3. The van der Waals surface area contributed by atoms with Gasteiger partial charge < -0.3 is 5.11 Å². The standard InChI is InChI=1S/C11H18O2/c1-3-5-6-7-8-9-10(4-2)11(12)13/h3,5-6,10H,1,4,7-9H2,2H3,(H,12,13). The topological polar surface area (TPSA) is 37.3 Å². The fraction of sp³-hybridized carbons (Fsp3) is 0.545. The molecule has 0 aliphatic rings. The lowest BCUT2D eigenvalue weighted by Crippen LogP contribution is -2.11. The van der Waals surface area contributed by atoms with Gasteiger partial charge in [-0.1, -0.05) is 31.7 Å². The fourth-order valence-corrected chi connectivity index (χ4v) is 1.18. The van der Waals surface area contributed by atoms with Crippen LogP contribution in [0, 0.1) is 5.92 Å². The lowest BCUT2D eigenvalue weighted by Gasteiger charge is -2.07. The minimum atomic E-state index is -0.671. The highest BCUT2D eigenvalue weighted by molar-refractivity contribution is 5.69. The summed E-state index contributed by atoms with van der Waals surface area (Å²) in [4.78, 5) is 10.6. The highest BCUT2D eigenvalue weighted by Gasteiger charge is 2.13. The maximum absolute atomic E-state index is 10.6. The zero-order valence-corrected chi connectivity index (χ0v) is 8.20. The summed E-state index contributed by atoms with van der Waals surface area (Å²) in [5.41, 5.74) is 0. The molecule has 0 aromatic carbocycles. The molecule has 1 N–H and O–H groups in total. The van der Waals surface area contributed by atoms with E-state index in [0.717, 1.165) is 25.7 Å². The van der Waals surface area contributed by atoms with Gasteiger partial charge in [-0.15, -0.1) is 0 Å². The predicted octanol–water partition coefficient (Wildman–Crippen LogP) is 3.01. The Morgan fingerprint density at radius 1 is 1.62 bits per heavy atom. The number of aliphatic carboxylic acids is 1. The van der Waals surface area contributed by atoms with E-state index in [1.807, 2.05) is 19.1 Å². The van der Waals surface area contributed by atoms with Crippen molar-refractivity contribution in [3.05, 3.63) is 24.8 Å². The number of rotatable bonds is 7. The first kappa shape index (κ1) is 11.9. The second kappa shape index (κ2) is 7.59. The van der Waals surface area contributed by atoms with Gasteiger partial charge in [-0.05, 0) is 25.7 Å². The van der Waals surface area contributed by atoms with Crippen LogP contribution in [-0.2, 0) is 4.79 Å². The Balaban J connectivity index is 3.55. The summed E-state index contributed by atoms with van der Waals surface area (Å²) in [5, 5.41) is 8.74. The number of unbranched alkanes of at least 4 members (excludes halogenated alkanes) is 1. The number of hydrogen-bond acceptors (Lipinski definition) is 1. The maximum Gasteiger partial charge on any atom is 0.306 e. The molecule has 0 heterocycles. The van der Waals surface area contributed by atoms with Crippen molar-refractivity contribution in [2.24, 2.45) is 5.92 Å². The molecular weight excluding hydrogens is 164 g/mol. The molecule has 0 saturated heterocycles. The number of carbonyl (C=O) groups is 1. The average molecular weight is 182 g/mol. The van der Waals surface area contributed by atoms with E-state index in [9.17, 15) is 4.79 Å². The average Bonchev–Trinajstić information content (AvgIpc) is 2.10. The number of carboxylic acid groups (broad SMARTS) is 1. The van der Waals surface area contributed by atoms with E-state index in [1.165, 1.54) is 0 Å². The smallest absolute Gasteiger partial charge is 0.306 e. The molecule has 0 saturated carbocycles. The van der Waals surface area contributed by atoms with Gasteiger partial charge in [0, 0.05) is 0 Å². The molecule has 0 amide bonds. The van der Waals surface area contributed by atoms with Crippen LogP contribution in [0.2, 0.25) is 0 Å². The molecule has 2 heteroatoms. The maximum atomic E-state index is 10.6. The minimum Gasteiger partial charge on any atom is -0.481 e. The molecule has 0 rings (SSSR count). The molecule has 2 nitrogen and oxygen atoms in total. The van der Waals surface area contributed by atoms with Gasteiger partial charge in [0.25, 0.3) is 0 Å². The molecule has 0 aromatic rings. The van der Waals surface area contributed by atoms with E-state index in [4.69, 9.17) is 5.11 Å². The molecule has 1 atom stereocenters. The van der Waals surface area contributed by atoms with E-state index < -0.39 is 5.97 Å². The Labute approximate surface area is 80.0 Å². The second-order valence-electron chi connectivity index (χ2n) is 3.04. The van der Waals surface area contributed by atoms with Crippen LogP contribution < -0.4 is 0 Å². The molecule has 0 spiro atoms. The minimum absolute atomic E-state index is 0.169. The van der Waals surface area contributed by atoms with Gasteiger partial charge in [0.1, 0.15) is 0 Å². The Hall–Kier alpha value is -1.05. The molecule has 0 bridgehead atoms. The summed E-state index contributed by atoms with van der Waals surface area (Å²) in [5.74, 6) is -0.840. The van der Waals surface area contributed by atoms with Crippen LogP contribution in [0.25, 0.3) is 0 Å². The van der Waals surface area contributed by atoms with Gasteiger partial charge in [-0.2, -0.15) is 0 Å². The Bertz CT molecular complexity index is 183. The summed E-state index contributed by atoms with van der Waals surface area (Å²) < 4.78 is 0. The summed E-state index contributed by atoms with van der Waals surface area (Å²) in [6.45, 7) is 5.47. The quantitative estimate of drug-likeness (QED) is 0.485. The first-order valence-corrected chi connectivity index (χ1v) is 4.72. The summed E-state index contributed by atoms with van der Waals surface area (Å²) in [6, 6.07) is 0. The normalized spacial score (nSPS) is 13.0. The molecule has 0 fully saturated rings. The number of carboxylic acids is 1. The van der Waals surface area contributed by atoms with Crippen molar-refractivity contribution in [1.29, 1.82) is 0 Å². The molecule has 0 aromatic heterocycles. The van der Waals surface area contributed by atoms with Crippen molar-refractivity contribution in [3.63, 3.8) is 0 Å². The van der Waals surface area contributed by atoms with E-state index in [-0.39, 0.29) is 5.92 Å². The third-order valence-electron chi connectivity index (χ3n) is 2.04. The Morgan fingerprint density at radius 3 is 2.77 bits per heavy atom. The van der Waals surface area contributed by atoms with Gasteiger partial charge in [-0.3, -0.25) is 4.79 Å². The number of hydrogen-bond donors (Lipinski definition) is 1. The molecule has 1 unspecified atom stereocenters. The van der Waals surface area contributed by atoms with Gasteiger partial charge in [-0.25, -0.2) is 0 Å². The van der Waals surface area contributed by atoms with Crippen molar-refractivity contribution in [1.82, 2.24) is 0 Å². The van der Waals surface area contributed by atoms with E-state index in [1.54, 1.807) is 6.08 Å². The molecule has 0 aliphatic heterocycles. The van der Waals surface area contributed by atoms with Crippen molar-refractivity contribution in [2.75, 3.05) is 0 Å². The Morgan fingerprint density at radius 2 is 2.31 bits per heavy atom. The summed E-state index contributed by atoms with van der Waals surface area (Å²) in [6.07, 6.45) is 9.01. The zero-order chi connectivity index (χ0) is 10.1. The van der Waals surface area contributed by atoms with Gasteiger partial charge in [0.2, 0.25) is 0 Å². The first-order chi connectivity index (χ1) is 6.22. The van der Waals surface area contributed by atoms with Crippen molar-refractivity contribution >= 4 is 5.97 Å². The van der Waals surface area contributed by atoms with Crippen LogP contribution in [0.5, 0.6) is 0 Å². The SMILES string of the molecule is C=CC=CCCCC(CC)C(=O)O. The zero-order valence-electron chi connectivity index (χ0n) is 8.20. The summed E-state index contributed by atoms with van der Waals surface area (Å²) in [7, 11) is 0. The summed E-state index contributed by atoms with van der Waals surface area (Å²) >= 11 is 0. The highest BCUT2D eigenvalue weighted by atomic mass is 16.4. The monoisotopic (exact) mass is 182 g/mol. The van der Waals surface area contributed by atoms with E-state index >= 15 is 0 Å². The first-order valence-electron chi connectivity index (χ1n) is 4.72. The van der Waals surface area contributed by atoms with Gasteiger partial charge >= 0.3 is 5.97 Å². The third kappa shape index (κ3) is 6.14. The van der Waals surface area contributed by atoms with E-state index in [2.05, 4.69) is 6.58 Å². The lowest BCUT2D eigenvalue weighted by molar-refractivity contribution is -0.142. The molecule has 0 aliphatic carbocycles. The van der Waals surface area contributed by atoms with Gasteiger partial charge in [0.05, 0.1) is 5.92 Å². The molecule has 0 radical (unpaired) electrons. The van der Waals surface area contributed by atoms with Crippen LogP contribution in [0.1, 0.15) is 32.6 Å². The largest absolute Gasteiger partial charge is 0.481 e. The molecule has 13 heavy (non-hydrogen) atoms. The van der Waals surface area contributed by atoms with Crippen molar-refractivity contribution in [3.8, 4) is 0 Å².